The number of anilines is 1. The summed E-state index contributed by atoms with van der Waals surface area (Å²) >= 11 is 6.22. The van der Waals surface area contributed by atoms with E-state index in [-0.39, 0.29) is 22.3 Å². The van der Waals surface area contributed by atoms with Crippen molar-refractivity contribution >= 4 is 34.9 Å². The Morgan fingerprint density at radius 3 is 2.61 bits per heavy atom. The summed E-state index contributed by atoms with van der Waals surface area (Å²) in [5, 5.41) is 17.7. The number of hydrogen-bond acceptors (Lipinski definition) is 6. The monoisotopic (exact) mass is 408 g/mol. The Morgan fingerprint density at radius 2 is 2.04 bits per heavy atom. The number of nitrogens with zero attached hydrogens (tertiary/aromatic N) is 3. The van der Waals surface area contributed by atoms with E-state index in [9.17, 15) is 19.7 Å². The number of nitrogens with one attached hydrogen (secondary N) is 1. The summed E-state index contributed by atoms with van der Waals surface area (Å²) in [6, 6.07) is 4.04. The van der Waals surface area contributed by atoms with Gasteiger partial charge in [-0.2, -0.15) is 5.10 Å². The summed E-state index contributed by atoms with van der Waals surface area (Å²) in [5.74, 6) is -1.03. The Kier molecular flexibility index (Phi) is 6.74. The fraction of sp³-hybridized carbons (Fsp3) is 0.389. The van der Waals surface area contributed by atoms with E-state index in [1.165, 1.54) is 22.9 Å². The normalized spacial score (nSPS) is 10.8. The van der Waals surface area contributed by atoms with Crippen LogP contribution in [0.2, 0.25) is 5.15 Å². The molecule has 0 aliphatic carbocycles. The number of esters is 1. The van der Waals surface area contributed by atoms with Gasteiger partial charge in [-0.15, -0.1) is 0 Å². The van der Waals surface area contributed by atoms with Crippen molar-refractivity contribution in [3.05, 3.63) is 50.3 Å². The van der Waals surface area contributed by atoms with Gasteiger partial charge >= 0.3 is 5.97 Å². The second kappa shape index (κ2) is 8.83. The molecular formula is C18H21ClN4O5. The molecule has 1 N–H and O–H groups in total. The number of non-ortho nitro benzene ring substituents is 1. The Hall–Kier alpha value is -2.94. The van der Waals surface area contributed by atoms with E-state index in [1.54, 1.807) is 13.8 Å². The SMILES string of the molecule is Cc1cc([N+](=O)[O-])ccc1NC(=O)COC(=O)c1c(C)nn(CC(C)C)c1Cl. The van der Waals surface area contributed by atoms with Crippen molar-refractivity contribution in [2.45, 2.75) is 34.2 Å². The number of ether oxygens (including phenoxy) is 1. The van der Waals surface area contributed by atoms with Gasteiger partial charge < -0.3 is 10.1 Å². The summed E-state index contributed by atoms with van der Waals surface area (Å²) < 4.78 is 6.57. The number of halogens is 1. The Labute approximate surface area is 166 Å². The van der Waals surface area contributed by atoms with E-state index in [0.717, 1.165) is 0 Å². The van der Waals surface area contributed by atoms with Gasteiger partial charge in [-0.3, -0.25) is 19.6 Å². The first kappa shape index (κ1) is 21.4. The van der Waals surface area contributed by atoms with Crippen LogP contribution in [0.3, 0.4) is 0 Å². The van der Waals surface area contributed by atoms with Crippen LogP contribution >= 0.6 is 11.6 Å². The second-order valence-electron chi connectivity index (χ2n) is 6.71. The van der Waals surface area contributed by atoms with Crippen molar-refractivity contribution in [2.75, 3.05) is 11.9 Å². The molecule has 2 rings (SSSR count). The lowest BCUT2D eigenvalue weighted by atomic mass is 10.2. The van der Waals surface area contributed by atoms with Crippen LogP contribution in [0.15, 0.2) is 18.2 Å². The molecule has 0 atom stereocenters. The minimum absolute atomic E-state index is 0.0783. The van der Waals surface area contributed by atoms with Crippen LogP contribution in [0.4, 0.5) is 11.4 Å². The van der Waals surface area contributed by atoms with Gasteiger partial charge in [-0.05, 0) is 31.4 Å². The maximum Gasteiger partial charge on any atom is 0.343 e. The lowest BCUT2D eigenvalue weighted by Gasteiger charge is -2.09. The number of carbonyl (C=O) groups excluding carboxylic acids is 2. The number of carbonyl (C=O) groups is 2. The number of benzene rings is 1. The number of rotatable bonds is 7. The first-order valence-corrected chi connectivity index (χ1v) is 8.92. The van der Waals surface area contributed by atoms with Crippen LogP contribution in [0.1, 0.15) is 35.5 Å². The minimum atomic E-state index is -0.743. The van der Waals surface area contributed by atoms with Crippen LogP contribution in [-0.2, 0) is 16.1 Å². The van der Waals surface area contributed by atoms with E-state index in [1.807, 2.05) is 13.8 Å². The summed E-state index contributed by atoms with van der Waals surface area (Å²) in [5.41, 5.74) is 1.38. The maximum atomic E-state index is 12.3. The molecule has 0 unspecified atom stereocenters. The molecule has 0 saturated heterocycles. The van der Waals surface area contributed by atoms with Crippen molar-refractivity contribution in [2.24, 2.45) is 5.92 Å². The first-order chi connectivity index (χ1) is 13.1. The van der Waals surface area contributed by atoms with E-state index >= 15 is 0 Å². The molecule has 1 aromatic heterocycles. The lowest BCUT2D eigenvalue weighted by Crippen LogP contribution is -2.21. The van der Waals surface area contributed by atoms with Crippen LogP contribution in [0.25, 0.3) is 0 Å². The zero-order valence-electron chi connectivity index (χ0n) is 16.0. The molecule has 0 bridgehead atoms. The highest BCUT2D eigenvalue weighted by Crippen LogP contribution is 2.23. The predicted molar refractivity (Wildman–Crippen MR) is 104 cm³/mol. The van der Waals surface area contributed by atoms with Crippen molar-refractivity contribution in [3.63, 3.8) is 0 Å². The highest BCUT2D eigenvalue weighted by molar-refractivity contribution is 6.32. The van der Waals surface area contributed by atoms with Gasteiger partial charge in [0.1, 0.15) is 10.7 Å². The molecule has 1 aromatic carbocycles. The Balaban J connectivity index is 2.01. The summed E-state index contributed by atoms with van der Waals surface area (Å²) in [4.78, 5) is 34.6. The first-order valence-electron chi connectivity index (χ1n) is 8.55. The number of nitro groups is 1. The van der Waals surface area contributed by atoms with Gasteiger partial charge in [0.25, 0.3) is 11.6 Å². The quantitative estimate of drug-likeness (QED) is 0.425. The number of amides is 1. The van der Waals surface area contributed by atoms with E-state index in [0.29, 0.717) is 23.5 Å². The number of nitro benzene ring substituents is 1. The molecule has 10 heteroatoms. The number of aryl methyl sites for hydroxylation is 2. The topological polar surface area (TPSA) is 116 Å². The molecule has 0 fully saturated rings. The molecule has 0 aliphatic rings. The molecule has 0 saturated carbocycles. The molecule has 0 aliphatic heterocycles. The van der Waals surface area contributed by atoms with Crippen molar-refractivity contribution < 1.29 is 19.2 Å². The van der Waals surface area contributed by atoms with Crippen molar-refractivity contribution in [3.8, 4) is 0 Å². The fourth-order valence-electron chi connectivity index (χ4n) is 2.54. The molecule has 150 valence electrons. The third kappa shape index (κ3) is 5.07. The highest BCUT2D eigenvalue weighted by atomic mass is 35.5. The van der Waals surface area contributed by atoms with Gasteiger partial charge in [-0.1, -0.05) is 25.4 Å². The molecule has 1 heterocycles. The minimum Gasteiger partial charge on any atom is -0.452 e. The lowest BCUT2D eigenvalue weighted by molar-refractivity contribution is -0.384. The Bertz CT molecular complexity index is 923. The van der Waals surface area contributed by atoms with Gasteiger partial charge in [-0.25, -0.2) is 4.79 Å². The van der Waals surface area contributed by atoms with E-state index < -0.39 is 23.4 Å². The van der Waals surface area contributed by atoms with Crippen LogP contribution in [0, 0.1) is 29.9 Å². The second-order valence-corrected chi connectivity index (χ2v) is 7.07. The zero-order valence-corrected chi connectivity index (χ0v) is 16.7. The zero-order chi connectivity index (χ0) is 21.0. The highest BCUT2D eigenvalue weighted by Gasteiger charge is 2.23. The van der Waals surface area contributed by atoms with Gasteiger partial charge in [0.05, 0.1) is 10.6 Å². The largest absolute Gasteiger partial charge is 0.452 e. The summed E-state index contributed by atoms with van der Waals surface area (Å²) in [7, 11) is 0. The van der Waals surface area contributed by atoms with E-state index in [2.05, 4.69) is 10.4 Å². The molecule has 0 spiro atoms. The van der Waals surface area contributed by atoms with Crippen LogP contribution < -0.4 is 5.32 Å². The van der Waals surface area contributed by atoms with Crippen LogP contribution in [0.5, 0.6) is 0 Å². The van der Waals surface area contributed by atoms with Crippen molar-refractivity contribution in [1.82, 2.24) is 9.78 Å². The summed E-state index contributed by atoms with van der Waals surface area (Å²) in [6.07, 6.45) is 0. The molecule has 28 heavy (non-hydrogen) atoms. The molecule has 9 nitrogen and oxygen atoms in total. The third-order valence-electron chi connectivity index (χ3n) is 3.84. The standard InChI is InChI=1S/C18H21ClN4O5/c1-10(2)8-22-17(19)16(12(4)21-22)18(25)28-9-15(24)20-14-6-5-13(23(26)27)7-11(14)3/h5-7,10H,8-9H2,1-4H3,(H,20,24). The average molecular weight is 409 g/mol. The number of hydrogen-bond donors (Lipinski definition) is 1. The molecular weight excluding hydrogens is 388 g/mol. The Morgan fingerprint density at radius 1 is 1.36 bits per heavy atom. The number of aromatic nitrogens is 2. The predicted octanol–water partition coefficient (Wildman–Crippen LogP) is 3.51. The van der Waals surface area contributed by atoms with Gasteiger partial charge in [0.15, 0.2) is 6.61 Å². The third-order valence-corrected chi connectivity index (χ3v) is 4.22. The van der Waals surface area contributed by atoms with Gasteiger partial charge in [0, 0.05) is 24.4 Å². The van der Waals surface area contributed by atoms with Gasteiger partial charge in [0.2, 0.25) is 0 Å². The maximum absolute atomic E-state index is 12.3. The fourth-order valence-corrected chi connectivity index (χ4v) is 2.86. The smallest absolute Gasteiger partial charge is 0.343 e. The summed E-state index contributed by atoms with van der Waals surface area (Å²) in [6.45, 7) is 7.28. The van der Waals surface area contributed by atoms with Crippen LogP contribution in [-0.4, -0.2) is 33.2 Å². The molecule has 0 radical (unpaired) electrons. The van der Waals surface area contributed by atoms with E-state index in [4.69, 9.17) is 16.3 Å². The molecule has 1 amide bonds. The molecule has 2 aromatic rings. The average Bonchev–Trinajstić information content (AvgIpc) is 2.87. The van der Waals surface area contributed by atoms with Crippen molar-refractivity contribution in [1.29, 1.82) is 0 Å².